The lowest BCUT2D eigenvalue weighted by Gasteiger charge is -2.10. The maximum atomic E-state index is 12.9. The van der Waals surface area contributed by atoms with E-state index in [0.717, 1.165) is 0 Å². The molecule has 2 aromatic carbocycles. The Morgan fingerprint density at radius 3 is 2.58 bits per heavy atom. The number of hydrogen-bond acceptors (Lipinski definition) is 7. The van der Waals surface area contributed by atoms with Crippen LogP contribution in [0.5, 0.6) is 23.0 Å². The second kappa shape index (κ2) is 6.11. The van der Waals surface area contributed by atoms with Crippen molar-refractivity contribution in [1.82, 2.24) is 0 Å². The zero-order valence-corrected chi connectivity index (χ0v) is 14.0. The summed E-state index contributed by atoms with van der Waals surface area (Å²) in [5.74, 6) is 1.42. The van der Waals surface area contributed by atoms with Gasteiger partial charge in [0, 0.05) is 24.6 Å². The molecule has 2 heterocycles. The first-order valence-electron chi connectivity index (χ1n) is 7.79. The first kappa shape index (κ1) is 16.0. The normalized spacial score (nSPS) is 12.2. The van der Waals surface area contributed by atoms with Crippen molar-refractivity contribution in [3.05, 3.63) is 46.8 Å². The number of benzene rings is 2. The van der Waals surface area contributed by atoms with Crippen LogP contribution in [0.25, 0.3) is 22.1 Å². The Labute approximate surface area is 147 Å². The maximum absolute atomic E-state index is 12.9. The van der Waals surface area contributed by atoms with E-state index in [2.05, 4.69) is 0 Å². The zero-order chi connectivity index (χ0) is 18.3. The largest absolute Gasteiger partial charge is 0.496 e. The molecular weight excluding hydrogens is 340 g/mol. The molecule has 0 N–H and O–H groups in total. The van der Waals surface area contributed by atoms with Crippen LogP contribution in [0.15, 0.2) is 45.8 Å². The lowest BCUT2D eigenvalue weighted by atomic mass is 10.0. The Hall–Kier alpha value is -3.48. The third-order valence-corrected chi connectivity index (χ3v) is 3.99. The van der Waals surface area contributed by atoms with Crippen LogP contribution in [0.1, 0.15) is 6.92 Å². The highest BCUT2D eigenvalue weighted by molar-refractivity contribution is 5.85. The molecule has 0 amide bonds. The second-order valence-electron chi connectivity index (χ2n) is 5.64. The van der Waals surface area contributed by atoms with Gasteiger partial charge in [-0.1, -0.05) is 0 Å². The van der Waals surface area contributed by atoms with Crippen molar-refractivity contribution in [1.29, 1.82) is 0 Å². The van der Waals surface area contributed by atoms with Crippen molar-refractivity contribution >= 4 is 16.9 Å². The van der Waals surface area contributed by atoms with Gasteiger partial charge in [-0.25, -0.2) is 0 Å². The lowest BCUT2D eigenvalue weighted by Crippen LogP contribution is -2.06. The Morgan fingerprint density at radius 2 is 1.85 bits per heavy atom. The summed E-state index contributed by atoms with van der Waals surface area (Å²) in [6, 6.07) is 7.96. The van der Waals surface area contributed by atoms with Crippen LogP contribution in [0.2, 0.25) is 0 Å². The number of rotatable bonds is 3. The van der Waals surface area contributed by atoms with E-state index in [4.69, 9.17) is 23.4 Å². The van der Waals surface area contributed by atoms with Crippen LogP contribution in [0, 0.1) is 0 Å². The molecule has 1 aliphatic heterocycles. The van der Waals surface area contributed by atoms with Gasteiger partial charge in [-0.05, 0) is 18.2 Å². The van der Waals surface area contributed by atoms with Crippen molar-refractivity contribution in [2.24, 2.45) is 0 Å². The van der Waals surface area contributed by atoms with Crippen LogP contribution < -0.4 is 24.4 Å². The van der Waals surface area contributed by atoms with Gasteiger partial charge >= 0.3 is 5.97 Å². The van der Waals surface area contributed by atoms with Gasteiger partial charge in [-0.15, -0.1) is 0 Å². The van der Waals surface area contributed by atoms with Crippen LogP contribution in [0.4, 0.5) is 0 Å². The van der Waals surface area contributed by atoms with Gasteiger partial charge in [0.2, 0.25) is 12.2 Å². The summed E-state index contributed by atoms with van der Waals surface area (Å²) in [5.41, 5.74) is 0.944. The minimum atomic E-state index is -0.451. The Balaban J connectivity index is 1.87. The molecule has 7 nitrogen and oxygen atoms in total. The Kier molecular flexibility index (Phi) is 3.76. The van der Waals surface area contributed by atoms with Gasteiger partial charge in [0.1, 0.15) is 23.3 Å². The number of carbonyl (C=O) groups excluding carboxylic acids is 1. The summed E-state index contributed by atoms with van der Waals surface area (Å²) < 4.78 is 26.7. The molecule has 26 heavy (non-hydrogen) atoms. The minimum absolute atomic E-state index is 0.118. The maximum Gasteiger partial charge on any atom is 0.308 e. The van der Waals surface area contributed by atoms with E-state index < -0.39 is 5.97 Å². The van der Waals surface area contributed by atoms with Crippen LogP contribution in [-0.4, -0.2) is 19.9 Å². The summed E-state index contributed by atoms with van der Waals surface area (Å²) in [7, 11) is 1.51. The summed E-state index contributed by atoms with van der Waals surface area (Å²) in [6.07, 6.45) is 1.35. The summed E-state index contributed by atoms with van der Waals surface area (Å²) in [6.45, 7) is 1.42. The van der Waals surface area contributed by atoms with Crippen LogP contribution in [-0.2, 0) is 4.79 Å². The molecule has 1 aromatic heterocycles. The standard InChI is InChI=1S/C19H14O7/c1-10(20)26-11-3-4-12-16(5-11)23-8-14(19(12)21)13-6-17-18(25-9-24-17)7-15(13)22-2/h3-8H,9H2,1-2H3. The van der Waals surface area contributed by atoms with Gasteiger partial charge in [0.25, 0.3) is 0 Å². The highest BCUT2D eigenvalue weighted by Crippen LogP contribution is 2.42. The molecule has 0 spiro atoms. The number of fused-ring (bicyclic) bond motifs is 2. The topological polar surface area (TPSA) is 84.2 Å². The highest BCUT2D eigenvalue weighted by Gasteiger charge is 2.21. The number of methoxy groups -OCH3 is 1. The van der Waals surface area contributed by atoms with E-state index in [1.807, 2.05) is 0 Å². The van der Waals surface area contributed by atoms with E-state index in [-0.39, 0.29) is 12.2 Å². The van der Waals surface area contributed by atoms with E-state index in [9.17, 15) is 9.59 Å². The third kappa shape index (κ3) is 2.63. The quantitative estimate of drug-likeness (QED) is 0.528. The molecule has 0 aliphatic carbocycles. The van der Waals surface area contributed by atoms with E-state index >= 15 is 0 Å². The summed E-state index contributed by atoms with van der Waals surface area (Å²) in [4.78, 5) is 24.0. The zero-order valence-electron chi connectivity index (χ0n) is 14.0. The minimum Gasteiger partial charge on any atom is -0.496 e. The molecule has 0 bridgehead atoms. The fraction of sp³-hybridized carbons (Fsp3) is 0.158. The first-order chi connectivity index (χ1) is 12.6. The Morgan fingerprint density at radius 1 is 1.08 bits per heavy atom. The molecule has 0 saturated heterocycles. The molecule has 132 valence electrons. The van der Waals surface area contributed by atoms with E-state index in [1.165, 1.54) is 26.4 Å². The molecule has 0 fully saturated rings. The molecule has 0 radical (unpaired) electrons. The fourth-order valence-corrected chi connectivity index (χ4v) is 2.83. The SMILES string of the molecule is COc1cc2c(cc1-c1coc3cc(OC(C)=O)ccc3c1=O)OCO2. The summed E-state index contributed by atoms with van der Waals surface area (Å²) in [5, 5.41) is 0.359. The van der Waals surface area contributed by atoms with Crippen molar-refractivity contribution in [3.8, 4) is 34.1 Å². The van der Waals surface area contributed by atoms with Gasteiger partial charge in [0.05, 0.1) is 18.1 Å². The highest BCUT2D eigenvalue weighted by atomic mass is 16.7. The van der Waals surface area contributed by atoms with Crippen molar-refractivity contribution in [2.75, 3.05) is 13.9 Å². The number of carbonyl (C=O) groups is 1. The van der Waals surface area contributed by atoms with Gasteiger partial charge < -0.3 is 23.4 Å². The summed E-state index contributed by atoms with van der Waals surface area (Å²) >= 11 is 0. The fourth-order valence-electron chi connectivity index (χ4n) is 2.83. The molecule has 0 saturated carbocycles. The van der Waals surface area contributed by atoms with E-state index in [1.54, 1.807) is 24.3 Å². The van der Waals surface area contributed by atoms with Crippen molar-refractivity contribution in [3.63, 3.8) is 0 Å². The molecule has 0 atom stereocenters. The molecule has 1 aliphatic rings. The molecule has 4 rings (SSSR count). The van der Waals surface area contributed by atoms with E-state index in [0.29, 0.717) is 45.1 Å². The second-order valence-corrected chi connectivity index (χ2v) is 5.64. The van der Waals surface area contributed by atoms with Crippen LogP contribution in [0.3, 0.4) is 0 Å². The predicted octanol–water partition coefficient (Wildman–Crippen LogP) is 3.12. The van der Waals surface area contributed by atoms with Gasteiger partial charge in [0.15, 0.2) is 11.5 Å². The van der Waals surface area contributed by atoms with Gasteiger partial charge in [-0.2, -0.15) is 0 Å². The monoisotopic (exact) mass is 354 g/mol. The number of hydrogen-bond donors (Lipinski definition) is 0. The smallest absolute Gasteiger partial charge is 0.308 e. The van der Waals surface area contributed by atoms with Crippen molar-refractivity contribution in [2.45, 2.75) is 6.92 Å². The van der Waals surface area contributed by atoms with Crippen LogP contribution >= 0.6 is 0 Å². The lowest BCUT2D eigenvalue weighted by molar-refractivity contribution is -0.131. The predicted molar refractivity (Wildman–Crippen MR) is 91.9 cm³/mol. The average molecular weight is 354 g/mol. The molecule has 0 unspecified atom stereocenters. The third-order valence-electron chi connectivity index (χ3n) is 3.99. The molecule has 3 aromatic rings. The number of esters is 1. The molecule has 7 heteroatoms. The Bertz CT molecular complexity index is 1080. The first-order valence-corrected chi connectivity index (χ1v) is 7.79. The average Bonchev–Trinajstić information content (AvgIpc) is 3.07. The van der Waals surface area contributed by atoms with Crippen molar-refractivity contribution < 1.29 is 28.2 Å². The van der Waals surface area contributed by atoms with Gasteiger partial charge in [-0.3, -0.25) is 9.59 Å². The molecular formula is C19H14O7. The number of ether oxygens (including phenoxy) is 4.